The molecule has 2 amide bonds. The molecule has 5 rings (SSSR count). The lowest BCUT2D eigenvalue weighted by Gasteiger charge is -2.37. The van der Waals surface area contributed by atoms with Crippen molar-refractivity contribution in [3.63, 3.8) is 0 Å². The van der Waals surface area contributed by atoms with Crippen LogP contribution >= 0.6 is 0 Å². The molecule has 0 bridgehead atoms. The summed E-state index contributed by atoms with van der Waals surface area (Å²) in [6.45, 7) is 3.89. The second kappa shape index (κ2) is 8.99. The second-order valence-corrected chi connectivity index (χ2v) is 10.3. The van der Waals surface area contributed by atoms with Crippen molar-refractivity contribution in [1.29, 1.82) is 0 Å². The average molecular weight is 495 g/mol. The fourth-order valence-corrected chi connectivity index (χ4v) is 5.35. The molecule has 3 aliphatic rings. The Morgan fingerprint density at radius 3 is 2.47 bits per heavy atom. The van der Waals surface area contributed by atoms with E-state index in [2.05, 4.69) is 11.8 Å². The molecule has 0 aliphatic carbocycles. The lowest BCUT2D eigenvalue weighted by molar-refractivity contribution is -0.142. The number of benzene rings is 2. The highest BCUT2D eigenvalue weighted by Gasteiger charge is 2.58. The molecular weight excluding hydrogens is 466 g/mol. The lowest BCUT2D eigenvalue weighted by Crippen LogP contribution is -2.51. The van der Waals surface area contributed by atoms with Crippen LogP contribution in [0.15, 0.2) is 42.5 Å². The lowest BCUT2D eigenvalue weighted by atomic mass is 9.89. The van der Waals surface area contributed by atoms with Gasteiger partial charge in [0.1, 0.15) is 23.5 Å². The SMILES string of the molecule is CC(C)(O)C#Cc1cccc(C(=O)N2CCC3(CC2)O[C@@H]2CC[C@@H](c4cc(F)cc(F)c4)N2C3=O)c1. The summed E-state index contributed by atoms with van der Waals surface area (Å²) in [7, 11) is 0. The minimum atomic E-state index is -1.13. The van der Waals surface area contributed by atoms with E-state index in [1.54, 1.807) is 47.9 Å². The van der Waals surface area contributed by atoms with Gasteiger partial charge in [-0.2, -0.15) is 0 Å². The van der Waals surface area contributed by atoms with Gasteiger partial charge in [0.25, 0.3) is 11.8 Å². The zero-order valence-corrected chi connectivity index (χ0v) is 20.3. The Morgan fingerprint density at radius 2 is 1.81 bits per heavy atom. The molecule has 3 aliphatic heterocycles. The summed E-state index contributed by atoms with van der Waals surface area (Å²) in [5.74, 6) is 3.97. The molecule has 1 N–H and O–H groups in total. The molecule has 3 heterocycles. The summed E-state index contributed by atoms with van der Waals surface area (Å²) in [5.41, 5.74) is -0.603. The number of piperidine rings is 1. The van der Waals surface area contributed by atoms with Gasteiger partial charge in [0.15, 0.2) is 5.60 Å². The number of hydrogen-bond acceptors (Lipinski definition) is 4. The van der Waals surface area contributed by atoms with E-state index < -0.39 is 35.1 Å². The summed E-state index contributed by atoms with van der Waals surface area (Å²) >= 11 is 0. The Kier molecular flexibility index (Phi) is 6.09. The molecule has 0 radical (unpaired) electrons. The molecule has 2 aromatic carbocycles. The quantitative estimate of drug-likeness (QED) is 0.646. The number of fused-ring (bicyclic) bond motifs is 1. The summed E-state index contributed by atoms with van der Waals surface area (Å²) < 4.78 is 33.9. The average Bonchev–Trinajstić information content (AvgIpc) is 3.35. The maximum absolute atomic E-state index is 13.8. The first-order valence-corrected chi connectivity index (χ1v) is 12.2. The number of likely N-dealkylation sites (tertiary alicyclic amines) is 1. The number of rotatable bonds is 2. The Hall–Kier alpha value is -3.28. The van der Waals surface area contributed by atoms with E-state index >= 15 is 0 Å². The molecule has 0 saturated carbocycles. The third kappa shape index (κ3) is 4.61. The minimum absolute atomic E-state index is 0.157. The molecule has 0 unspecified atom stereocenters. The summed E-state index contributed by atoms with van der Waals surface area (Å²) in [6, 6.07) is 9.88. The normalized spacial score (nSPS) is 23.0. The maximum atomic E-state index is 13.8. The number of hydrogen-bond donors (Lipinski definition) is 1. The number of carbonyl (C=O) groups is 2. The van der Waals surface area contributed by atoms with Crippen LogP contribution in [-0.4, -0.2) is 57.2 Å². The van der Waals surface area contributed by atoms with Crippen molar-refractivity contribution < 1.29 is 28.2 Å². The van der Waals surface area contributed by atoms with Crippen LogP contribution < -0.4 is 0 Å². The van der Waals surface area contributed by atoms with E-state index in [0.29, 0.717) is 55.5 Å². The van der Waals surface area contributed by atoms with Gasteiger partial charge in [-0.25, -0.2) is 8.78 Å². The molecule has 3 saturated heterocycles. The van der Waals surface area contributed by atoms with Gasteiger partial charge >= 0.3 is 0 Å². The van der Waals surface area contributed by atoms with Crippen molar-refractivity contribution in [3.8, 4) is 11.8 Å². The van der Waals surface area contributed by atoms with Crippen LogP contribution in [0.2, 0.25) is 0 Å². The van der Waals surface area contributed by atoms with Crippen LogP contribution in [0.25, 0.3) is 0 Å². The highest BCUT2D eigenvalue weighted by Crippen LogP contribution is 2.47. The Labute approximate surface area is 208 Å². The smallest absolute Gasteiger partial charge is 0.257 e. The largest absolute Gasteiger partial charge is 0.378 e. The number of halogens is 2. The molecule has 2 aromatic rings. The predicted molar refractivity (Wildman–Crippen MR) is 128 cm³/mol. The van der Waals surface area contributed by atoms with Crippen molar-refractivity contribution in [3.05, 3.63) is 70.8 Å². The van der Waals surface area contributed by atoms with Crippen molar-refractivity contribution in [2.45, 2.75) is 63.0 Å². The van der Waals surface area contributed by atoms with Gasteiger partial charge < -0.3 is 19.6 Å². The standard InChI is InChI=1S/C28H28F2N2O4/c1-27(2,35)9-8-18-4-3-5-19(14-18)25(33)31-12-10-28(11-13-31)26(34)32-23(6-7-24(32)36-28)20-15-21(29)17-22(30)16-20/h3-5,14-17,23-24,35H,6-7,10-13H2,1-2H3/t23-,24+/m0/s1. The van der Waals surface area contributed by atoms with Gasteiger partial charge in [0, 0.05) is 43.1 Å². The van der Waals surface area contributed by atoms with Crippen molar-refractivity contribution >= 4 is 11.8 Å². The monoisotopic (exact) mass is 494 g/mol. The number of carbonyl (C=O) groups excluding carboxylic acids is 2. The predicted octanol–water partition coefficient (Wildman–Crippen LogP) is 3.78. The van der Waals surface area contributed by atoms with E-state index in [4.69, 9.17) is 4.74 Å². The molecule has 188 valence electrons. The van der Waals surface area contributed by atoms with E-state index in [1.165, 1.54) is 12.1 Å². The van der Waals surface area contributed by atoms with Gasteiger partial charge in [-0.1, -0.05) is 17.9 Å². The Balaban J connectivity index is 1.28. The number of ether oxygens (including phenoxy) is 1. The van der Waals surface area contributed by atoms with Gasteiger partial charge in [-0.3, -0.25) is 9.59 Å². The maximum Gasteiger partial charge on any atom is 0.257 e. The zero-order valence-electron chi connectivity index (χ0n) is 20.3. The summed E-state index contributed by atoms with van der Waals surface area (Å²) in [6.07, 6.45) is 1.45. The van der Waals surface area contributed by atoms with Crippen molar-refractivity contribution in [2.24, 2.45) is 0 Å². The fraction of sp³-hybridized carbons (Fsp3) is 0.429. The topological polar surface area (TPSA) is 70.1 Å². The van der Waals surface area contributed by atoms with Crippen LogP contribution in [0.3, 0.4) is 0 Å². The van der Waals surface area contributed by atoms with E-state index in [-0.39, 0.29) is 11.8 Å². The Bertz CT molecular complexity index is 1250. The van der Waals surface area contributed by atoms with Crippen molar-refractivity contribution in [2.75, 3.05) is 13.1 Å². The summed E-state index contributed by atoms with van der Waals surface area (Å²) in [5, 5.41) is 9.82. The van der Waals surface area contributed by atoms with Crippen LogP contribution in [0, 0.1) is 23.5 Å². The van der Waals surface area contributed by atoms with Gasteiger partial charge in [-0.15, -0.1) is 0 Å². The van der Waals surface area contributed by atoms with Crippen LogP contribution in [0.4, 0.5) is 8.78 Å². The molecule has 1 spiro atoms. The third-order valence-corrected chi connectivity index (χ3v) is 7.07. The first-order chi connectivity index (χ1) is 17.0. The highest BCUT2D eigenvalue weighted by atomic mass is 19.1. The molecular formula is C28H28F2N2O4. The number of amides is 2. The van der Waals surface area contributed by atoms with Crippen LogP contribution in [0.5, 0.6) is 0 Å². The van der Waals surface area contributed by atoms with E-state index in [0.717, 1.165) is 6.07 Å². The Morgan fingerprint density at radius 1 is 1.11 bits per heavy atom. The van der Waals surface area contributed by atoms with E-state index in [1.807, 2.05) is 0 Å². The van der Waals surface area contributed by atoms with Gasteiger partial charge in [0.2, 0.25) is 0 Å². The molecule has 0 aromatic heterocycles. The first-order valence-electron chi connectivity index (χ1n) is 12.2. The first kappa shape index (κ1) is 24.4. The number of nitrogens with zero attached hydrogens (tertiary/aromatic N) is 2. The van der Waals surface area contributed by atoms with Crippen LogP contribution in [-0.2, 0) is 9.53 Å². The second-order valence-electron chi connectivity index (χ2n) is 10.3. The molecule has 36 heavy (non-hydrogen) atoms. The van der Waals surface area contributed by atoms with Gasteiger partial charge in [0.05, 0.1) is 6.04 Å². The minimum Gasteiger partial charge on any atom is -0.378 e. The number of aliphatic hydroxyl groups is 1. The fourth-order valence-electron chi connectivity index (χ4n) is 5.35. The third-order valence-electron chi connectivity index (χ3n) is 7.07. The van der Waals surface area contributed by atoms with Crippen LogP contribution in [0.1, 0.15) is 67.1 Å². The zero-order chi connectivity index (χ0) is 25.7. The molecule has 3 fully saturated rings. The molecule has 8 heteroatoms. The highest BCUT2D eigenvalue weighted by molar-refractivity contribution is 5.95. The van der Waals surface area contributed by atoms with Crippen molar-refractivity contribution in [1.82, 2.24) is 9.80 Å². The molecule has 2 atom stereocenters. The molecule has 6 nitrogen and oxygen atoms in total. The summed E-state index contributed by atoms with van der Waals surface area (Å²) in [4.78, 5) is 30.0. The van der Waals surface area contributed by atoms with Gasteiger partial charge in [-0.05, 0) is 62.6 Å². The van der Waals surface area contributed by atoms with E-state index in [9.17, 15) is 23.5 Å².